The van der Waals surface area contributed by atoms with E-state index in [0.717, 1.165) is 0 Å². The minimum absolute atomic E-state index is 0.140. The van der Waals surface area contributed by atoms with Gasteiger partial charge in [0, 0.05) is 0 Å². The quantitative estimate of drug-likeness (QED) is 0.379. The van der Waals surface area contributed by atoms with Gasteiger partial charge in [0.1, 0.15) is 0 Å². The van der Waals surface area contributed by atoms with E-state index in [1.54, 1.807) is 0 Å². The third kappa shape index (κ3) is 2.52. The molecular formula is C4H3Cl3O2. The van der Waals surface area contributed by atoms with Crippen molar-refractivity contribution in [3.05, 3.63) is 0 Å². The van der Waals surface area contributed by atoms with Crippen LogP contribution in [0.4, 0.5) is 0 Å². The zero-order valence-electron chi connectivity index (χ0n) is 4.23. The Morgan fingerprint density at radius 3 is 2.11 bits per heavy atom. The fourth-order valence-electron chi connectivity index (χ4n) is 0.155. The van der Waals surface area contributed by atoms with Crippen molar-refractivity contribution in [3.63, 3.8) is 0 Å². The molecule has 0 bridgehead atoms. The number of aldehydes is 1. The standard InChI is InChI=1S/C4H3Cl3O2/c5-1-3(9)4(6,7)2-8/h2H,1H2. The van der Waals surface area contributed by atoms with Gasteiger partial charge in [-0.2, -0.15) is 0 Å². The first-order valence-electron chi connectivity index (χ1n) is 1.98. The summed E-state index contributed by atoms with van der Waals surface area (Å²) in [6.07, 6.45) is 0.140. The van der Waals surface area contributed by atoms with E-state index in [1.807, 2.05) is 0 Å². The zero-order valence-corrected chi connectivity index (χ0v) is 6.50. The SMILES string of the molecule is O=CC(Cl)(Cl)C(=O)CCl. The second kappa shape index (κ2) is 3.40. The van der Waals surface area contributed by atoms with Gasteiger partial charge in [-0.15, -0.1) is 11.6 Å². The molecule has 0 atom stereocenters. The molecule has 0 aliphatic rings. The van der Waals surface area contributed by atoms with E-state index in [9.17, 15) is 9.59 Å². The number of hydrogen-bond acceptors (Lipinski definition) is 2. The minimum Gasteiger partial charge on any atom is -0.299 e. The van der Waals surface area contributed by atoms with Crippen molar-refractivity contribution in [3.8, 4) is 0 Å². The first-order chi connectivity index (χ1) is 4.04. The second-order valence-corrected chi connectivity index (χ2v) is 2.95. The fraction of sp³-hybridized carbons (Fsp3) is 0.500. The van der Waals surface area contributed by atoms with Crippen LogP contribution in [0.15, 0.2) is 0 Å². The van der Waals surface area contributed by atoms with E-state index in [4.69, 9.17) is 34.8 Å². The number of alkyl halides is 3. The Balaban J connectivity index is 4.14. The summed E-state index contributed by atoms with van der Waals surface area (Å²) in [6.45, 7) is 0. The van der Waals surface area contributed by atoms with Crippen LogP contribution in [0.5, 0.6) is 0 Å². The molecular weight excluding hydrogens is 186 g/mol. The number of hydrogen-bond donors (Lipinski definition) is 0. The summed E-state index contributed by atoms with van der Waals surface area (Å²) in [7, 11) is 0. The zero-order chi connectivity index (χ0) is 7.49. The molecule has 0 spiro atoms. The molecule has 5 heteroatoms. The average molecular weight is 189 g/mol. The van der Waals surface area contributed by atoms with Gasteiger partial charge in [-0.3, -0.25) is 9.59 Å². The van der Waals surface area contributed by atoms with Gasteiger partial charge in [-0.25, -0.2) is 0 Å². The first-order valence-corrected chi connectivity index (χ1v) is 3.27. The van der Waals surface area contributed by atoms with Crippen molar-refractivity contribution in [1.29, 1.82) is 0 Å². The van der Waals surface area contributed by atoms with Crippen molar-refractivity contribution < 1.29 is 9.59 Å². The van der Waals surface area contributed by atoms with Gasteiger partial charge >= 0.3 is 0 Å². The Morgan fingerprint density at radius 1 is 1.56 bits per heavy atom. The predicted molar refractivity (Wildman–Crippen MR) is 36.2 cm³/mol. The normalized spacial score (nSPS) is 11.0. The third-order valence-corrected chi connectivity index (χ3v) is 1.48. The summed E-state index contributed by atoms with van der Waals surface area (Å²) in [6, 6.07) is 0. The van der Waals surface area contributed by atoms with Crippen molar-refractivity contribution in [2.45, 2.75) is 4.33 Å². The summed E-state index contributed by atoms with van der Waals surface area (Å²) < 4.78 is -1.96. The van der Waals surface area contributed by atoms with E-state index in [1.165, 1.54) is 0 Å². The highest BCUT2D eigenvalue weighted by Crippen LogP contribution is 2.19. The molecule has 0 saturated heterocycles. The van der Waals surface area contributed by atoms with Crippen LogP contribution >= 0.6 is 34.8 Å². The van der Waals surface area contributed by atoms with E-state index in [2.05, 4.69) is 0 Å². The van der Waals surface area contributed by atoms with Gasteiger partial charge < -0.3 is 0 Å². The van der Waals surface area contributed by atoms with Gasteiger partial charge in [0.15, 0.2) is 12.1 Å². The van der Waals surface area contributed by atoms with E-state index in [0.29, 0.717) is 0 Å². The van der Waals surface area contributed by atoms with Gasteiger partial charge in [0.05, 0.1) is 5.88 Å². The lowest BCUT2D eigenvalue weighted by atomic mass is 10.3. The molecule has 52 valence electrons. The molecule has 0 aromatic heterocycles. The maximum Gasteiger partial charge on any atom is 0.231 e. The lowest BCUT2D eigenvalue weighted by molar-refractivity contribution is -0.121. The monoisotopic (exact) mass is 188 g/mol. The van der Waals surface area contributed by atoms with Gasteiger partial charge in [-0.05, 0) is 0 Å². The predicted octanol–water partition coefficient (Wildman–Crippen LogP) is 1.17. The number of carbonyl (C=O) groups excluding carboxylic acids is 2. The topological polar surface area (TPSA) is 34.1 Å². The van der Waals surface area contributed by atoms with Crippen LogP contribution in [0.3, 0.4) is 0 Å². The van der Waals surface area contributed by atoms with Crippen LogP contribution in [0.1, 0.15) is 0 Å². The molecule has 2 nitrogen and oxygen atoms in total. The molecule has 0 radical (unpaired) electrons. The second-order valence-electron chi connectivity index (χ2n) is 1.30. The number of carbonyl (C=O) groups is 2. The van der Waals surface area contributed by atoms with Crippen LogP contribution in [0, 0.1) is 0 Å². The molecule has 0 unspecified atom stereocenters. The highest BCUT2D eigenvalue weighted by atomic mass is 35.5. The molecule has 0 N–H and O–H groups in total. The van der Waals surface area contributed by atoms with Crippen LogP contribution in [0.25, 0.3) is 0 Å². The van der Waals surface area contributed by atoms with Gasteiger partial charge in [0.25, 0.3) is 0 Å². The molecule has 0 rings (SSSR count). The molecule has 0 amide bonds. The fourth-order valence-corrected chi connectivity index (χ4v) is 0.636. The molecule has 0 heterocycles. The largest absolute Gasteiger partial charge is 0.299 e. The van der Waals surface area contributed by atoms with Gasteiger partial charge in [0.2, 0.25) is 4.33 Å². The van der Waals surface area contributed by atoms with Crippen LogP contribution in [0.2, 0.25) is 0 Å². The Morgan fingerprint density at radius 2 is 2.00 bits per heavy atom. The molecule has 0 fully saturated rings. The summed E-state index contributed by atoms with van der Waals surface area (Å²) in [5, 5.41) is 0. The van der Waals surface area contributed by atoms with E-state index < -0.39 is 10.1 Å². The molecule has 0 aliphatic heterocycles. The number of rotatable bonds is 3. The van der Waals surface area contributed by atoms with Crippen LogP contribution < -0.4 is 0 Å². The lowest BCUT2D eigenvalue weighted by Gasteiger charge is -2.05. The van der Waals surface area contributed by atoms with Crippen molar-refractivity contribution in [2.24, 2.45) is 0 Å². The summed E-state index contributed by atoms with van der Waals surface area (Å²) in [4.78, 5) is 20.3. The Labute approximate surface area is 67.1 Å². The number of ketones is 1. The summed E-state index contributed by atoms with van der Waals surface area (Å²) in [5.41, 5.74) is 0. The Bertz CT molecular complexity index is 132. The minimum atomic E-state index is -1.96. The summed E-state index contributed by atoms with van der Waals surface area (Å²) >= 11 is 15.3. The lowest BCUT2D eigenvalue weighted by Crippen LogP contribution is -2.28. The molecule has 0 aromatic rings. The van der Waals surface area contributed by atoms with E-state index >= 15 is 0 Å². The van der Waals surface area contributed by atoms with Crippen molar-refractivity contribution >= 4 is 46.9 Å². The Hall–Kier alpha value is 0.210. The average Bonchev–Trinajstić information content (AvgIpc) is 1.86. The number of halogens is 3. The molecule has 9 heavy (non-hydrogen) atoms. The van der Waals surface area contributed by atoms with Crippen molar-refractivity contribution in [1.82, 2.24) is 0 Å². The highest BCUT2D eigenvalue weighted by Gasteiger charge is 2.31. The molecule has 0 saturated carbocycles. The smallest absolute Gasteiger partial charge is 0.231 e. The molecule has 0 aliphatic carbocycles. The van der Waals surface area contributed by atoms with Crippen molar-refractivity contribution in [2.75, 3.05) is 5.88 Å². The van der Waals surface area contributed by atoms with Gasteiger partial charge in [-0.1, -0.05) is 23.2 Å². The highest BCUT2D eigenvalue weighted by molar-refractivity contribution is 6.67. The summed E-state index contributed by atoms with van der Waals surface area (Å²) in [5.74, 6) is -1.06. The maximum absolute atomic E-state index is 10.4. The van der Waals surface area contributed by atoms with Crippen LogP contribution in [-0.2, 0) is 9.59 Å². The first kappa shape index (κ1) is 9.21. The van der Waals surface area contributed by atoms with E-state index in [-0.39, 0.29) is 12.2 Å². The van der Waals surface area contributed by atoms with Crippen LogP contribution in [-0.4, -0.2) is 22.3 Å². The maximum atomic E-state index is 10.4. The number of Topliss-reactive ketones (excluding diaryl/α,β-unsaturated/α-hetero) is 1. The third-order valence-electron chi connectivity index (χ3n) is 0.641. The Kier molecular flexibility index (Phi) is 3.48. The molecule has 0 aromatic carbocycles.